The third kappa shape index (κ3) is 7.13. The van der Waals surface area contributed by atoms with E-state index in [0.29, 0.717) is 28.4 Å². The summed E-state index contributed by atoms with van der Waals surface area (Å²) >= 11 is 5.86. The Morgan fingerprint density at radius 1 is 0.969 bits per heavy atom. The Morgan fingerprint density at radius 3 is 2.38 bits per heavy atom. The summed E-state index contributed by atoms with van der Waals surface area (Å²) in [7, 11) is 0. The fraction of sp³-hybridized carbons (Fsp3) is 0.231. The van der Waals surface area contributed by atoms with Crippen molar-refractivity contribution in [3.8, 4) is 17.2 Å². The van der Waals surface area contributed by atoms with Crippen molar-refractivity contribution in [2.45, 2.75) is 32.6 Å². The number of aliphatic imine (C=N–C) groups is 1. The molecule has 0 fully saturated rings. The van der Waals surface area contributed by atoms with Crippen LogP contribution in [-0.2, 0) is 0 Å². The van der Waals surface area contributed by atoms with Crippen molar-refractivity contribution in [1.29, 1.82) is 0 Å². The van der Waals surface area contributed by atoms with Gasteiger partial charge in [-0.25, -0.2) is 4.79 Å². The summed E-state index contributed by atoms with van der Waals surface area (Å²) in [6, 6.07) is 18.5. The summed E-state index contributed by atoms with van der Waals surface area (Å²) in [5, 5.41) is 10.9. The monoisotopic (exact) mass is 451 g/mol. The van der Waals surface area contributed by atoms with Gasteiger partial charge in [-0.2, -0.15) is 0 Å². The molecule has 6 heteroatoms. The molecule has 5 nitrogen and oxygen atoms in total. The molecule has 3 aromatic rings. The first-order valence-corrected chi connectivity index (χ1v) is 11.0. The number of phenols is 1. The number of halogens is 1. The average molecular weight is 452 g/mol. The number of phenolic OH excluding ortho intramolecular Hbond substituents is 1. The first-order chi connectivity index (χ1) is 15.5. The minimum absolute atomic E-state index is 0.0418. The molecule has 0 aromatic heterocycles. The zero-order valence-electron chi connectivity index (χ0n) is 18.0. The van der Waals surface area contributed by atoms with Crippen LogP contribution in [0.1, 0.15) is 48.5 Å². The Bertz CT molecular complexity index is 1050. The van der Waals surface area contributed by atoms with Crippen molar-refractivity contribution in [2.75, 3.05) is 6.61 Å². The molecule has 3 aromatic carbocycles. The summed E-state index contributed by atoms with van der Waals surface area (Å²) in [6.45, 7) is 2.84. The summed E-state index contributed by atoms with van der Waals surface area (Å²) in [6.07, 6.45) is 6.10. The first-order valence-electron chi connectivity index (χ1n) is 10.6. The van der Waals surface area contributed by atoms with E-state index in [1.807, 2.05) is 0 Å². The van der Waals surface area contributed by atoms with Gasteiger partial charge >= 0.3 is 5.97 Å². The van der Waals surface area contributed by atoms with Crippen LogP contribution in [0.3, 0.4) is 0 Å². The van der Waals surface area contributed by atoms with E-state index in [4.69, 9.17) is 21.1 Å². The van der Waals surface area contributed by atoms with Gasteiger partial charge in [0.2, 0.25) is 0 Å². The molecule has 0 aliphatic rings. The topological polar surface area (TPSA) is 68.1 Å². The van der Waals surface area contributed by atoms with Gasteiger partial charge in [0.05, 0.1) is 17.9 Å². The van der Waals surface area contributed by atoms with E-state index in [0.717, 1.165) is 18.6 Å². The SMILES string of the molecule is CCCCCCOc1ccc(C(=O)Oc2ccc(C=Nc3ccc(Cl)cc3)c(O)c2)cc1. The van der Waals surface area contributed by atoms with E-state index >= 15 is 0 Å². The Morgan fingerprint density at radius 2 is 1.69 bits per heavy atom. The van der Waals surface area contributed by atoms with E-state index in [-0.39, 0.29) is 11.5 Å². The van der Waals surface area contributed by atoms with Crippen LogP contribution in [0.15, 0.2) is 71.7 Å². The molecular weight excluding hydrogens is 426 g/mol. The molecule has 0 bridgehead atoms. The van der Waals surface area contributed by atoms with Gasteiger partial charge in [0.15, 0.2) is 0 Å². The minimum Gasteiger partial charge on any atom is -0.507 e. The lowest BCUT2D eigenvalue weighted by atomic mass is 10.2. The second-order valence-electron chi connectivity index (χ2n) is 7.28. The van der Waals surface area contributed by atoms with Gasteiger partial charge in [-0.1, -0.05) is 37.8 Å². The number of benzene rings is 3. The number of hydrogen-bond donors (Lipinski definition) is 1. The maximum atomic E-state index is 12.4. The van der Waals surface area contributed by atoms with Gasteiger partial charge in [-0.05, 0) is 67.1 Å². The van der Waals surface area contributed by atoms with Crippen molar-refractivity contribution in [1.82, 2.24) is 0 Å². The van der Waals surface area contributed by atoms with E-state index in [1.54, 1.807) is 60.7 Å². The third-order valence-corrected chi connectivity index (χ3v) is 5.00. The Hall–Kier alpha value is -3.31. The Kier molecular flexibility index (Phi) is 8.70. The summed E-state index contributed by atoms with van der Waals surface area (Å²) in [5.41, 5.74) is 1.61. The molecule has 0 saturated heterocycles. The number of carbonyl (C=O) groups is 1. The van der Waals surface area contributed by atoms with Crippen molar-refractivity contribution in [2.24, 2.45) is 4.99 Å². The molecule has 166 valence electrons. The van der Waals surface area contributed by atoms with Crippen LogP contribution in [0.5, 0.6) is 17.2 Å². The molecule has 0 aliphatic heterocycles. The maximum absolute atomic E-state index is 12.4. The second-order valence-corrected chi connectivity index (χ2v) is 7.71. The van der Waals surface area contributed by atoms with Crippen LogP contribution < -0.4 is 9.47 Å². The van der Waals surface area contributed by atoms with Gasteiger partial charge in [0.25, 0.3) is 0 Å². The maximum Gasteiger partial charge on any atom is 0.343 e. The molecule has 0 saturated carbocycles. The number of carbonyl (C=O) groups excluding carboxylic acids is 1. The second kappa shape index (κ2) is 11.9. The van der Waals surface area contributed by atoms with Gasteiger partial charge in [0.1, 0.15) is 17.2 Å². The highest BCUT2D eigenvalue weighted by molar-refractivity contribution is 6.30. The zero-order chi connectivity index (χ0) is 22.8. The normalized spacial score (nSPS) is 10.9. The van der Waals surface area contributed by atoms with Crippen LogP contribution in [0, 0.1) is 0 Å². The predicted octanol–water partition coefficient (Wildman–Crippen LogP) is 6.97. The van der Waals surface area contributed by atoms with Crippen LogP contribution in [-0.4, -0.2) is 23.9 Å². The van der Waals surface area contributed by atoms with Gasteiger partial charge in [-0.15, -0.1) is 0 Å². The van der Waals surface area contributed by atoms with Crippen molar-refractivity contribution >= 4 is 29.5 Å². The molecule has 1 N–H and O–H groups in total. The van der Waals surface area contributed by atoms with Crippen LogP contribution in [0.25, 0.3) is 0 Å². The molecule has 32 heavy (non-hydrogen) atoms. The molecule has 0 unspecified atom stereocenters. The lowest BCUT2D eigenvalue weighted by molar-refractivity contribution is 0.0734. The summed E-state index contributed by atoms with van der Waals surface area (Å²) in [4.78, 5) is 16.7. The number of nitrogens with zero attached hydrogens (tertiary/aromatic N) is 1. The number of hydrogen-bond acceptors (Lipinski definition) is 5. The minimum atomic E-state index is -0.513. The summed E-state index contributed by atoms with van der Waals surface area (Å²) < 4.78 is 11.1. The lowest BCUT2D eigenvalue weighted by Gasteiger charge is -2.08. The highest BCUT2D eigenvalue weighted by atomic mass is 35.5. The van der Waals surface area contributed by atoms with E-state index in [9.17, 15) is 9.90 Å². The third-order valence-electron chi connectivity index (χ3n) is 4.75. The molecule has 0 aliphatic carbocycles. The van der Waals surface area contributed by atoms with Crippen LogP contribution >= 0.6 is 11.6 Å². The zero-order valence-corrected chi connectivity index (χ0v) is 18.7. The molecular formula is C26H26ClNO4. The molecule has 0 atom stereocenters. The van der Waals surface area contributed by atoms with Gasteiger partial charge < -0.3 is 14.6 Å². The largest absolute Gasteiger partial charge is 0.507 e. The number of ether oxygens (including phenoxy) is 2. The van der Waals surface area contributed by atoms with E-state index in [1.165, 1.54) is 25.1 Å². The van der Waals surface area contributed by atoms with Crippen molar-refractivity contribution in [3.05, 3.63) is 82.9 Å². The molecule has 0 amide bonds. The quantitative estimate of drug-likeness (QED) is 0.156. The first kappa shape index (κ1) is 23.4. The standard InChI is InChI=1S/C26H26ClNO4/c1-2-3-4-5-16-31-23-13-6-19(7-14-23)26(30)32-24-15-8-20(25(29)17-24)18-28-22-11-9-21(27)10-12-22/h6-15,17-18,29H,2-5,16H2,1H3. The Labute approximate surface area is 193 Å². The average Bonchev–Trinajstić information content (AvgIpc) is 2.80. The molecule has 3 rings (SSSR count). The fourth-order valence-electron chi connectivity index (χ4n) is 2.94. The van der Waals surface area contributed by atoms with Crippen LogP contribution in [0.4, 0.5) is 5.69 Å². The number of esters is 1. The lowest BCUT2D eigenvalue weighted by Crippen LogP contribution is -2.08. The van der Waals surface area contributed by atoms with Crippen molar-refractivity contribution in [3.63, 3.8) is 0 Å². The molecule has 0 heterocycles. The predicted molar refractivity (Wildman–Crippen MR) is 128 cm³/mol. The van der Waals surface area contributed by atoms with E-state index in [2.05, 4.69) is 11.9 Å². The fourth-order valence-corrected chi connectivity index (χ4v) is 3.07. The smallest absolute Gasteiger partial charge is 0.343 e. The summed E-state index contributed by atoms with van der Waals surface area (Å²) in [5.74, 6) is 0.411. The van der Waals surface area contributed by atoms with Crippen LogP contribution in [0.2, 0.25) is 5.02 Å². The highest BCUT2D eigenvalue weighted by Crippen LogP contribution is 2.25. The molecule has 0 spiro atoms. The Balaban J connectivity index is 1.55. The number of unbranched alkanes of at least 4 members (excludes halogenated alkanes) is 3. The van der Waals surface area contributed by atoms with Gasteiger partial charge in [0, 0.05) is 22.9 Å². The molecule has 0 radical (unpaired) electrons. The van der Waals surface area contributed by atoms with Gasteiger partial charge in [-0.3, -0.25) is 4.99 Å². The highest BCUT2D eigenvalue weighted by Gasteiger charge is 2.10. The van der Waals surface area contributed by atoms with E-state index < -0.39 is 5.97 Å². The number of aromatic hydroxyl groups is 1. The van der Waals surface area contributed by atoms with Crippen molar-refractivity contribution < 1.29 is 19.4 Å². The number of rotatable bonds is 10.